The van der Waals surface area contributed by atoms with Crippen molar-refractivity contribution in [3.63, 3.8) is 0 Å². The molecule has 116 valence electrons. The standard InChI is InChI=1S/C20H31N/c1-16(2)13-20(11-3-4-12-20)15-21-14-17-5-7-18(8-6-17)19-9-10-19/h5-8,16,19,21H,3-4,9-15H2,1-2H3. The molecule has 0 spiro atoms. The summed E-state index contributed by atoms with van der Waals surface area (Å²) in [5.74, 6) is 1.70. The second kappa shape index (κ2) is 6.52. The summed E-state index contributed by atoms with van der Waals surface area (Å²) in [6.07, 6.45) is 9.91. The first-order chi connectivity index (χ1) is 10.2. The molecule has 0 saturated heterocycles. The van der Waals surface area contributed by atoms with Gasteiger partial charge in [0.25, 0.3) is 0 Å². The van der Waals surface area contributed by atoms with Crippen LogP contribution in [0.5, 0.6) is 0 Å². The van der Waals surface area contributed by atoms with Crippen LogP contribution in [0.2, 0.25) is 0 Å². The number of nitrogens with one attached hydrogen (secondary N) is 1. The first kappa shape index (κ1) is 15.1. The molecule has 2 aliphatic rings. The summed E-state index contributed by atoms with van der Waals surface area (Å²) in [7, 11) is 0. The zero-order valence-corrected chi connectivity index (χ0v) is 13.8. The van der Waals surface area contributed by atoms with Gasteiger partial charge in [0.2, 0.25) is 0 Å². The summed E-state index contributed by atoms with van der Waals surface area (Å²) in [4.78, 5) is 0. The van der Waals surface area contributed by atoms with E-state index in [9.17, 15) is 0 Å². The zero-order chi connectivity index (χ0) is 14.7. The molecule has 0 aliphatic heterocycles. The molecule has 1 aromatic rings. The lowest BCUT2D eigenvalue weighted by Crippen LogP contribution is -2.33. The minimum Gasteiger partial charge on any atom is -0.312 e. The van der Waals surface area contributed by atoms with Crippen LogP contribution >= 0.6 is 0 Å². The first-order valence-corrected chi connectivity index (χ1v) is 8.96. The van der Waals surface area contributed by atoms with E-state index in [0.717, 1.165) is 18.4 Å². The third kappa shape index (κ3) is 4.10. The Balaban J connectivity index is 1.49. The summed E-state index contributed by atoms with van der Waals surface area (Å²) in [6.45, 7) is 6.98. The van der Waals surface area contributed by atoms with Gasteiger partial charge in [-0.05, 0) is 60.5 Å². The molecule has 1 heteroatoms. The third-order valence-electron chi connectivity index (χ3n) is 5.36. The van der Waals surface area contributed by atoms with Gasteiger partial charge in [-0.3, -0.25) is 0 Å². The highest BCUT2D eigenvalue weighted by atomic mass is 14.9. The van der Waals surface area contributed by atoms with E-state index in [0.29, 0.717) is 5.41 Å². The molecule has 0 unspecified atom stereocenters. The van der Waals surface area contributed by atoms with Crippen LogP contribution in [0, 0.1) is 11.3 Å². The van der Waals surface area contributed by atoms with E-state index in [2.05, 4.69) is 43.4 Å². The van der Waals surface area contributed by atoms with Crippen LogP contribution in [0.15, 0.2) is 24.3 Å². The van der Waals surface area contributed by atoms with Crippen molar-refractivity contribution in [2.24, 2.45) is 11.3 Å². The quantitative estimate of drug-likeness (QED) is 0.720. The van der Waals surface area contributed by atoms with Crippen LogP contribution in [0.1, 0.15) is 75.8 Å². The molecule has 1 N–H and O–H groups in total. The lowest BCUT2D eigenvalue weighted by atomic mass is 9.78. The van der Waals surface area contributed by atoms with Gasteiger partial charge in [0.05, 0.1) is 0 Å². The predicted octanol–water partition coefficient (Wildman–Crippen LogP) is 5.26. The first-order valence-electron chi connectivity index (χ1n) is 8.96. The molecule has 3 rings (SSSR count). The smallest absolute Gasteiger partial charge is 0.0205 e. The Morgan fingerprint density at radius 1 is 1.10 bits per heavy atom. The molecule has 1 aromatic carbocycles. The van der Waals surface area contributed by atoms with Crippen LogP contribution < -0.4 is 5.32 Å². The van der Waals surface area contributed by atoms with Gasteiger partial charge in [0, 0.05) is 13.1 Å². The third-order valence-corrected chi connectivity index (χ3v) is 5.36. The summed E-state index contributed by atoms with van der Waals surface area (Å²) in [6, 6.07) is 9.33. The number of hydrogen-bond acceptors (Lipinski definition) is 1. The molecule has 1 nitrogen and oxygen atoms in total. The van der Waals surface area contributed by atoms with Crippen molar-refractivity contribution >= 4 is 0 Å². The topological polar surface area (TPSA) is 12.0 Å². The Kier molecular flexibility index (Phi) is 4.69. The van der Waals surface area contributed by atoms with E-state index in [1.165, 1.54) is 57.1 Å². The Bertz CT molecular complexity index is 435. The lowest BCUT2D eigenvalue weighted by molar-refractivity contribution is 0.223. The maximum absolute atomic E-state index is 3.75. The molecule has 0 bridgehead atoms. The fourth-order valence-corrected chi connectivity index (χ4v) is 4.24. The molecule has 2 saturated carbocycles. The highest BCUT2D eigenvalue weighted by Gasteiger charge is 2.33. The number of rotatable bonds is 7. The molecule has 0 atom stereocenters. The van der Waals surface area contributed by atoms with Crippen molar-refractivity contribution in [1.29, 1.82) is 0 Å². The van der Waals surface area contributed by atoms with Gasteiger partial charge >= 0.3 is 0 Å². The van der Waals surface area contributed by atoms with Crippen LogP contribution in [-0.2, 0) is 6.54 Å². The Morgan fingerprint density at radius 2 is 1.76 bits per heavy atom. The Hall–Kier alpha value is -0.820. The second-order valence-electron chi connectivity index (χ2n) is 7.92. The fraction of sp³-hybridized carbons (Fsp3) is 0.700. The molecule has 21 heavy (non-hydrogen) atoms. The van der Waals surface area contributed by atoms with Gasteiger partial charge in [0.15, 0.2) is 0 Å². The van der Waals surface area contributed by atoms with E-state index >= 15 is 0 Å². The van der Waals surface area contributed by atoms with Crippen molar-refractivity contribution in [2.45, 2.75) is 71.3 Å². The van der Waals surface area contributed by atoms with Gasteiger partial charge in [-0.15, -0.1) is 0 Å². The molecule has 2 aliphatic carbocycles. The van der Waals surface area contributed by atoms with E-state index in [1.807, 2.05) is 0 Å². The molecule has 0 heterocycles. The zero-order valence-electron chi connectivity index (χ0n) is 13.8. The van der Waals surface area contributed by atoms with E-state index in [-0.39, 0.29) is 0 Å². The van der Waals surface area contributed by atoms with Gasteiger partial charge in [0.1, 0.15) is 0 Å². The van der Waals surface area contributed by atoms with Gasteiger partial charge in [-0.25, -0.2) is 0 Å². The van der Waals surface area contributed by atoms with Crippen molar-refractivity contribution in [3.8, 4) is 0 Å². The summed E-state index contributed by atoms with van der Waals surface area (Å²) < 4.78 is 0. The normalized spacial score (nSPS) is 21.1. The van der Waals surface area contributed by atoms with Gasteiger partial charge in [-0.1, -0.05) is 51.0 Å². The van der Waals surface area contributed by atoms with Gasteiger partial charge in [-0.2, -0.15) is 0 Å². The monoisotopic (exact) mass is 285 g/mol. The summed E-state index contributed by atoms with van der Waals surface area (Å²) >= 11 is 0. The van der Waals surface area contributed by atoms with Gasteiger partial charge < -0.3 is 5.32 Å². The number of hydrogen-bond donors (Lipinski definition) is 1. The van der Waals surface area contributed by atoms with E-state index < -0.39 is 0 Å². The van der Waals surface area contributed by atoms with Crippen LogP contribution in [0.3, 0.4) is 0 Å². The predicted molar refractivity (Wildman–Crippen MR) is 90.5 cm³/mol. The van der Waals surface area contributed by atoms with Crippen LogP contribution in [0.4, 0.5) is 0 Å². The summed E-state index contributed by atoms with van der Waals surface area (Å²) in [5.41, 5.74) is 3.57. The maximum Gasteiger partial charge on any atom is 0.0205 e. The highest BCUT2D eigenvalue weighted by molar-refractivity contribution is 5.27. The van der Waals surface area contributed by atoms with Crippen LogP contribution in [-0.4, -0.2) is 6.54 Å². The molecular weight excluding hydrogens is 254 g/mol. The lowest BCUT2D eigenvalue weighted by Gasteiger charge is -2.31. The minimum absolute atomic E-state index is 0.585. The van der Waals surface area contributed by atoms with E-state index in [1.54, 1.807) is 5.56 Å². The Labute approximate surface area is 130 Å². The van der Waals surface area contributed by atoms with Crippen molar-refractivity contribution in [3.05, 3.63) is 35.4 Å². The van der Waals surface area contributed by atoms with Crippen LogP contribution in [0.25, 0.3) is 0 Å². The highest BCUT2D eigenvalue weighted by Crippen LogP contribution is 2.42. The fourth-order valence-electron chi connectivity index (χ4n) is 4.24. The minimum atomic E-state index is 0.585. The molecule has 0 amide bonds. The average molecular weight is 285 g/mol. The molecule has 0 aromatic heterocycles. The SMILES string of the molecule is CC(C)CC1(CNCc2ccc(C3CC3)cc2)CCCC1. The van der Waals surface area contributed by atoms with Crippen molar-refractivity contribution < 1.29 is 0 Å². The van der Waals surface area contributed by atoms with Crippen molar-refractivity contribution in [1.82, 2.24) is 5.32 Å². The number of benzene rings is 1. The second-order valence-corrected chi connectivity index (χ2v) is 7.92. The largest absolute Gasteiger partial charge is 0.312 e. The summed E-state index contributed by atoms with van der Waals surface area (Å²) in [5, 5.41) is 3.75. The molecule has 2 fully saturated rings. The van der Waals surface area contributed by atoms with E-state index in [4.69, 9.17) is 0 Å². The maximum atomic E-state index is 3.75. The van der Waals surface area contributed by atoms with Crippen molar-refractivity contribution in [2.75, 3.05) is 6.54 Å². The Morgan fingerprint density at radius 3 is 2.33 bits per heavy atom. The molecular formula is C20H31N. The molecule has 0 radical (unpaired) electrons. The average Bonchev–Trinajstić information content (AvgIpc) is 3.21.